The number of nitrogens with zero attached hydrogens (tertiary/aromatic N) is 2. The Morgan fingerprint density at radius 1 is 1.20 bits per heavy atom. The monoisotopic (exact) mass is 337 g/mol. The fraction of sp³-hybridized carbons (Fsp3) is 0.167. The zero-order chi connectivity index (χ0) is 17.5. The van der Waals surface area contributed by atoms with Crippen LogP contribution in [0.2, 0.25) is 0 Å². The number of aromatic nitrogens is 3. The largest absolute Gasteiger partial charge is 0.496 e. The molecular formula is C18H19N5O2. The average Bonchev–Trinajstić information content (AvgIpc) is 3.15. The molecule has 1 aromatic heterocycles. The van der Waals surface area contributed by atoms with Crippen molar-refractivity contribution in [1.82, 2.24) is 20.5 Å². The van der Waals surface area contributed by atoms with E-state index < -0.39 is 0 Å². The quantitative estimate of drug-likeness (QED) is 0.645. The summed E-state index contributed by atoms with van der Waals surface area (Å²) in [6.07, 6.45) is 2.04. The summed E-state index contributed by atoms with van der Waals surface area (Å²) in [5.41, 5.74) is 2.65. The van der Waals surface area contributed by atoms with E-state index in [1.807, 2.05) is 48.5 Å². The Hall–Kier alpha value is -3.35. The van der Waals surface area contributed by atoms with E-state index in [4.69, 9.17) is 4.74 Å². The molecule has 3 N–H and O–H groups in total. The molecule has 0 atom stereocenters. The van der Waals surface area contributed by atoms with Crippen LogP contribution in [0.25, 0.3) is 11.1 Å². The van der Waals surface area contributed by atoms with E-state index in [1.165, 1.54) is 6.33 Å². The topological polar surface area (TPSA) is 91.9 Å². The van der Waals surface area contributed by atoms with Crippen LogP contribution in [-0.2, 0) is 6.42 Å². The third kappa shape index (κ3) is 4.35. The van der Waals surface area contributed by atoms with Crippen molar-refractivity contribution in [3.63, 3.8) is 0 Å². The van der Waals surface area contributed by atoms with E-state index in [0.717, 1.165) is 22.7 Å². The summed E-state index contributed by atoms with van der Waals surface area (Å²) < 4.78 is 5.40. The number of para-hydroxylation sites is 1. The number of nitrogens with one attached hydrogen (secondary N) is 3. The molecule has 0 aliphatic heterocycles. The molecule has 0 aliphatic carbocycles. The van der Waals surface area contributed by atoms with Gasteiger partial charge in [0, 0.05) is 24.2 Å². The zero-order valence-electron chi connectivity index (χ0n) is 13.8. The SMILES string of the molecule is COc1ccccc1-c1cccc(NC(=O)NCCc2ncn[nH]2)c1. The molecule has 0 aliphatic rings. The molecule has 2 amide bonds. The standard InChI is InChI=1S/C18H19N5O2/c1-25-16-8-3-2-7-15(16)13-5-4-6-14(11-13)22-18(24)19-10-9-17-20-12-21-23-17/h2-8,11-12H,9-10H2,1H3,(H2,19,22,24)(H,20,21,23). The Bertz CT molecular complexity index is 833. The summed E-state index contributed by atoms with van der Waals surface area (Å²) in [5.74, 6) is 1.52. The van der Waals surface area contributed by atoms with Gasteiger partial charge in [0.05, 0.1) is 7.11 Å². The summed E-state index contributed by atoms with van der Waals surface area (Å²) in [5, 5.41) is 12.1. The first-order valence-electron chi connectivity index (χ1n) is 7.89. The smallest absolute Gasteiger partial charge is 0.319 e. The number of rotatable bonds is 6. The molecule has 0 saturated heterocycles. The number of ether oxygens (including phenoxy) is 1. The number of aromatic amines is 1. The van der Waals surface area contributed by atoms with Crippen LogP contribution in [0.5, 0.6) is 5.75 Å². The third-order valence-electron chi connectivity index (χ3n) is 3.65. The van der Waals surface area contributed by atoms with Crippen molar-refractivity contribution in [1.29, 1.82) is 0 Å². The number of urea groups is 1. The lowest BCUT2D eigenvalue weighted by atomic mass is 10.0. The number of H-pyrrole nitrogens is 1. The summed E-state index contributed by atoms with van der Waals surface area (Å²) >= 11 is 0. The fourth-order valence-corrected chi connectivity index (χ4v) is 2.47. The Kier molecular flexibility index (Phi) is 5.26. The van der Waals surface area contributed by atoms with Gasteiger partial charge in [-0.15, -0.1) is 0 Å². The van der Waals surface area contributed by atoms with Crippen molar-refractivity contribution < 1.29 is 9.53 Å². The van der Waals surface area contributed by atoms with Gasteiger partial charge in [-0.2, -0.15) is 5.10 Å². The van der Waals surface area contributed by atoms with Crippen LogP contribution in [0, 0.1) is 0 Å². The summed E-state index contributed by atoms with van der Waals surface area (Å²) in [6, 6.07) is 15.1. The number of carbonyl (C=O) groups is 1. The second kappa shape index (κ2) is 7.96. The molecule has 3 aromatic rings. The van der Waals surface area contributed by atoms with Gasteiger partial charge in [-0.1, -0.05) is 30.3 Å². The Balaban J connectivity index is 1.62. The van der Waals surface area contributed by atoms with E-state index in [0.29, 0.717) is 18.7 Å². The van der Waals surface area contributed by atoms with Crippen molar-refractivity contribution in [2.24, 2.45) is 0 Å². The van der Waals surface area contributed by atoms with Gasteiger partial charge in [0.25, 0.3) is 0 Å². The van der Waals surface area contributed by atoms with Crippen LogP contribution < -0.4 is 15.4 Å². The Labute approximate surface area is 145 Å². The molecule has 3 rings (SSSR count). The average molecular weight is 337 g/mol. The molecule has 25 heavy (non-hydrogen) atoms. The van der Waals surface area contributed by atoms with E-state index >= 15 is 0 Å². The molecule has 128 valence electrons. The first kappa shape index (κ1) is 16.5. The lowest BCUT2D eigenvalue weighted by molar-refractivity contribution is 0.252. The molecule has 0 bridgehead atoms. The first-order chi connectivity index (χ1) is 12.3. The minimum atomic E-state index is -0.267. The van der Waals surface area contributed by atoms with Crippen LogP contribution in [0.3, 0.4) is 0 Å². The molecule has 7 nitrogen and oxygen atoms in total. The maximum atomic E-state index is 12.0. The predicted octanol–water partition coefficient (Wildman–Crippen LogP) is 2.84. The predicted molar refractivity (Wildman–Crippen MR) is 95.5 cm³/mol. The second-order valence-corrected chi connectivity index (χ2v) is 5.34. The zero-order valence-corrected chi connectivity index (χ0v) is 13.8. The van der Waals surface area contributed by atoms with Gasteiger partial charge in [0.15, 0.2) is 0 Å². The molecule has 0 radical (unpaired) electrons. The van der Waals surface area contributed by atoms with Crippen molar-refractivity contribution in [3.05, 3.63) is 60.7 Å². The van der Waals surface area contributed by atoms with E-state index in [9.17, 15) is 4.79 Å². The van der Waals surface area contributed by atoms with Gasteiger partial charge in [-0.3, -0.25) is 5.10 Å². The number of carbonyl (C=O) groups excluding carboxylic acids is 1. The van der Waals surface area contributed by atoms with Crippen LogP contribution in [0.4, 0.5) is 10.5 Å². The molecule has 0 saturated carbocycles. The van der Waals surface area contributed by atoms with Crippen molar-refractivity contribution >= 4 is 11.7 Å². The minimum Gasteiger partial charge on any atom is -0.496 e. The summed E-state index contributed by atoms with van der Waals surface area (Å²) in [7, 11) is 1.64. The number of anilines is 1. The van der Waals surface area contributed by atoms with Crippen molar-refractivity contribution in [2.75, 3.05) is 19.0 Å². The van der Waals surface area contributed by atoms with Gasteiger partial charge in [-0.25, -0.2) is 9.78 Å². The van der Waals surface area contributed by atoms with Crippen LogP contribution in [0.15, 0.2) is 54.9 Å². The van der Waals surface area contributed by atoms with E-state index in [-0.39, 0.29) is 6.03 Å². The fourth-order valence-electron chi connectivity index (χ4n) is 2.47. The van der Waals surface area contributed by atoms with Gasteiger partial charge < -0.3 is 15.4 Å². The number of hydrogen-bond acceptors (Lipinski definition) is 4. The molecule has 0 fully saturated rings. The highest BCUT2D eigenvalue weighted by Gasteiger charge is 2.07. The van der Waals surface area contributed by atoms with Crippen LogP contribution >= 0.6 is 0 Å². The molecular weight excluding hydrogens is 318 g/mol. The highest BCUT2D eigenvalue weighted by atomic mass is 16.5. The number of amides is 2. The Morgan fingerprint density at radius 2 is 2.08 bits per heavy atom. The summed E-state index contributed by atoms with van der Waals surface area (Å²) in [4.78, 5) is 16.0. The molecule has 0 unspecified atom stereocenters. The first-order valence-corrected chi connectivity index (χ1v) is 7.89. The maximum Gasteiger partial charge on any atom is 0.319 e. The van der Waals surface area contributed by atoms with E-state index in [2.05, 4.69) is 25.8 Å². The van der Waals surface area contributed by atoms with E-state index in [1.54, 1.807) is 7.11 Å². The maximum absolute atomic E-state index is 12.0. The van der Waals surface area contributed by atoms with Crippen LogP contribution in [0.1, 0.15) is 5.82 Å². The third-order valence-corrected chi connectivity index (χ3v) is 3.65. The number of benzene rings is 2. The second-order valence-electron chi connectivity index (χ2n) is 5.34. The highest BCUT2D eigenvalue weighted by molar-refractivity contribution is 5.90. The molecule has 2 aromatic carbocycles. The molecule has 7 heteroatoms. The van der Waals surface area contributed by atoms with Gasteiger partial charge >= 0.3 is 6.03 Å². The summed E-state index contributed by atoms with van der Waals surface area (Å²) in [6.45, 7) is 0.466. The van der Waals surface area contributed by atoms with Crippen molar-refractivity contribution in [2.45, 2.75) is 6.42 Å². The molecule has 0 spiro atoms. The Morgan fingerprint density at radius 3 is 2.88 bits per heavy atom. The number of hydrogen-bond donors (Lipinski definition) is 3. The molecule has 1 heterocycles. The van der Waals surface area contributed by atoms with Gasteiger partial charge in [0.2, 0.25) is 0 Å². The van der Waals surface area contributed by atoms with Gasteiger partial charge in [-0.05, 0) is 23.8 Å². The van der Waals surface area contributed by atoms with Crippen LogP contribution in [-0.4, -0.2) is 34.9 Å². The normalized spacial score (nSPS) is 10.3. The lowest BCUT2D eigenvalue weighted by Crippen LogP contribution is -2.30. The van der Waals surface area contributed by atoms with Crippen molar-refractivity contribution in [3.8, 4) is 16.9 Å². The minimum absolute atomic E-state index is 0.267. The van der Waals surface area contributed by atoms with Gasteiger partial charge in [0.1, 0.15) is 17.9 Å². The lowest BCUT2D eigenvalue weighted by Gasteiger charge is -2.11. The number of methoxy groups -OCH3 is 1. The highest BCUT2D eigenvalue weighted by Crippen LogP contribution is 2.30.